The average molecular weight is 372 g/mol. The van der Waals surface area contributed by atoms with Gasteiger partial charge in [0.05, 0.1) is 5.69 Å². The number of nitrogens with zero attached hydrogens (tertiary/aromatic N) is 1. The topological polar surface area (TPSA) is 46.3 Å². The minimum Gasteiger partial charge on any atom is -0.445 e. The molecule has 0 aliphatic heterocycles. The summed E-state index contributed by atoms with van der Waals surface area (Å²) in [4.78, 5) is 3.97. The highest BCUT2D eigenvalue weighted by Gasteiger charge is 2.31. The van der Waals surface area contributed by atoms with Gasteiger partial charge in [-0.15, -0.1) is 0 Å². The SMILES string of the molecule is Brc1ccsc1.Cc1ncoc1C(C)(O)c1ccsc1. The van der Waals surface area contributed by atoms with Gasteiger partial charge in [-0.3, -0.25) is 0 Å². The Bertz CT molecular complexity index is 630. The van der Waals surface area contributed by atoms with Gasteiger partial charge in [-0.25, -0.2) is 4.98 Å². The fraction of sp³-hybridized carbons (Fsp3) is 0.214. The summed E-state index contributed by atoms with van der Waals surface area (Å²) in [5.74, 6) is 0.510. The third kappa shape index (κ3) is 3.58. The van der Waals surface area contributed by atoms with Crippen molar-refractivity contribution >= 4 is 38.6 Å². The maximum Gasteiger partial charge on any atom is 0.181 e. The van der Waals surface area contributed by atoms with Gasteiger partial charge < -0.3 is 9.52 Å². The van der Waals surface area contributed by atoms with Crippen molar-refractivity contribution in [2.24, 2.45) is 0 Å². The van der Waals surface area contributed by atoms with E-state index in [0.29, 0.717) is 5.76 Å². The van der Waals surface area contributed by atoms with Crippen LogP contribution >= 0.6 is 38.6 Å². The Morgan fingerprint density at radius 1 is 1.25 bits per heavy atom. The van der Waals surface area contributed by atoms with Gasteiger partial charge in [-0.05, 0) is 58.1 Å². The molecule has 0 saturated carbocycles. The number of hydrogen-bond acceptors (Lipinski definition) is 5. The van der Waals surface area contributed by atoms with Crippen molar-refractivity contribution in [2.75, 3.05) is 0 Å². The van der Waals surface area contributed by atoms with Gasteiger partial charge in [-0.2, -0.15) is 22.7 Å². The Balaban J connectivity index is 0.000000205. The molecule has 0 saturated heterocycles. The van der Waals surface area contributed by atoms with Crippen molar-refractivity contribution in [2.45, 2.75) is 19.4 Å². The summed E-state index contributed by atoms with van der Waals surface area (Å²) < 4.78 is 6.37. The lowest BCUT2D eigenvalue weighted by Crippen LogP contribution is -2.22. The van der Waals surface area contributed by atoms with Gasteiger partial charge in [0.15, 0.2) is 12.2 Å². The largest absolute Gasteiger partial charge is 0.445 e. The zero-order chi connectivity index (χ0) is 14.6. The molecule has 0 spiro atoms. The summed E-state index contributed by atoms with van der Waals surface area (Å²) in [7, 11) is 0. The predicted molar refractivity (Wildman–Crippen MR) is 86.3 cm³/mol. The monoisotopic (exact) mass is 371 g/mol. The summed E-state index contributed by atoms with van der Waals surface area (Å²) in [6, 6.07) is 3.90. The van der Waals surface area contributed by atoms with Gasteiger partial charge in [0, 0.05) is 15.4 Å². The maximum absolute atomic E-state index is 10.3. The van der Waals surface area contributed by atoms with Crippen LogP contribution in [0.4, 0.5) is 0 Å². The Morgan fingerprint density at radius 3 is 2.35 bits per heavy atom. The van der Waals surface area contributed by atoms with E-state index in [-0.39, 0.29) is 0 Å². The second kappa shape index (κ2) is 6.67. The summed E-state index contributed by atoms with van der Waals surface area (Å²) in [6.45, 7) is 3.53. The first-order valence-electron chi connectivity index (χ1n) is 5.85. The molecule has 0 bridgehead atoms. The molecule has 106 valence electrons. The van der Waals surface area contributed by atoms with E-state index in [1.807, 2.05) is 40.6 Å². The molecule has 0 fully saturated rings. The molecule has 1 unspecified atom stereocenters. The number of aliphatic hydroxyl groups is 1. The van der Waals surface area contributed by atoms with E-state index in [1.54, 1.807) is 29.6 Å². The van der Waals surface area contributed by atoms with Gasteiger partial charge in [0.2, 0.25) is 0 Å². The lowest BCUT2D eigenvalue weighted by atomic mass is 9.95. The number of aromatic nitrogens is 1. The second-order valence-electron chi connectivity index (χ2n) is 4.29. The quantitative estimate of drug-likeness (QED) is 0.702. The highest BCUT2D eigenvalue weighted by molar-refractivity contribution is 9.10. The highest BCUT2D eigenvalue weighted by atomic mass is 79.9. The maximum atomic E-state index is 10.3. The van der Waals surface area contributed by atoms with E-state index < -0.39 is 5.60 Å². The first-order valence-corrected chi connectivity index (χ1v) is 8.53. The van der Waals surface area contributed by atoms with Gasteiger partial charge in [0.25, 0.3) is 0 Å². The highest BCUT2D eigenvalue weighted by Crippen LogP contribution is 2.31. The molecule has 3 aromatic rings. The standard InChI is InChI=1S/C10H11NO2S.C4H3BrS/c1-7-9(13-6-11-7)10(2,12)8-3-4-14-5-8;5-4-1-2-6-3-4/h3-6,12H,1-2H3;1-3H. The Labute approximate surface area is 134 Å². The van der Waals surface area contributed by atoms with Crippen LogP contribution in [0.2, 0.25) is 0 Å². The van der Waals surface area contributed by atoms with Crippen LogP contribution in [0.3, 0.4) is 0 Å². The van der Waals surface area contributed by atoms with Gasteiger partial charge >= 0.3 is 0 Å². The normalized spacial score (nSPS) is 13.4. The van der Waals surface area contributed by atoms with Crippen LogP contribution in [0.15, 0.2) is 48.9 Å². The first-order chi connectivity index (χ1) is 9.51. The first kappa shape index (κ1) is 15.4. The number of thiophene rings is 2. The molecule has 0 amide bonds. The molecule has 0 aromatic carbocycles. The van der Waals surface area contributed by atoms with Crippen LogP contribution in [0.25, 0.3) is 0 Å². The lowest BCUT2D eigenvalue weighted by molar-refractivity contribution is 0.0763. The van der Waals surface area contributed by atoms with E-state index in [9.17, 15) is 5.11 Å². The number of oxazole rings is 1. The molecular weight excluding hydrogens is 358 g/mol. The molecule has 3 aromatic heterocycles. The second-order valence-corrected chi connectivity index (χ2v) is 6.77. The summed E-state index contributed by atoms with van der Waals surface area (Å²) in [6.07, 6.45) is 1.35. The fourth-order valence-electron chi connectivity index (χ4n) is 1.69. The molecule has 6 heteroatoms. The third-order valence-corrected chi connectivity index (χ3v) is 4.92. The van der Waals surface area contributed by atoms with E-state index in [4.69, 9.17) is 4.42 Å². The minimum absolute atomic E-state index is 0.510. The van der Waals surface area contributed by atoms with Crippen molar-refractivity contribution in [1.82, 2.24) is 4.98 Å². The Hall–Kier alpha value is -0.950. The van der Waals surface area contributed by atoms with E-state index in [1.165, 1.54) is 10.9 Å². The van der Waals surface area contributed by atoms with Crippen molar-refractivity contribution in [1.29, 1.82) is 0 Å². The van der Waals surface area contributed by atoms with Crippen molar-refractivity contribution in [3.63, 3.8) is 0 Å². The Morgan fingerprint density at radius 2 is 1.95 bits per heavy atom. The predicted octanol–water partition coefficient (Wildman–Crippen LogP) is 4.81. The molecular formula is C14H14BrNO2S2. The number of hydrogen-bond donors (Lipinski definition) is 1. The molecule has 3 nitrogen and oxygen atoms in total. The molecule has 0 radical (unpaired) electrons. The number of halogens is 1. The summed E-state index contributed by atoms with van der Waals surface area (Å²) in [5, 5.41) is 18.2. The van der Waals surface area contributed by atoms with Crippen LogP contribution in [-0.2, 0) is 5.60 Å². The average Bonchev–Trinajstić information content (AvgIpc) is 3.09. The van der Waals surface area contributed by atoms with Gasteiger partial charge in [-0.1, -0.05) is 0 Å². The number of aryl methyl sites for hydroxylation is 1. The Kier molecular flexibility index (Phi) is 5.15. The van der Waals surface area contributed by atoms with Crippen LogP contribution in [0, 0.1) is 6.92 Å². The summed E-state index contributed by atoms with van der Waals surface area (Å²) in [5.41, 5.74) is 0.476. The summed E-state index contributed by atoms with van der Waals surface area (Å²) >= 11 is 6.53. The zero-order valence-corrected chi connectivity index (χ0v) is 14.3. The van der Waals surface area contributed by atoms with E-state index in [0.717, 1.165) is 11.3 Å². The van der Waals surface area contributed by atoms with Crippen molar-refractivity contribution < 1.29 is 9.52 Å². The molecule has 1 atom stereocenters. The zero-order valence-electron chi connectivity index (χ0n) is 11.0. The molecule has 20 heavy (non-hydrogen) atoms. The smallest absolute Gasteiger partial charge is 0.181 e. The van der Waals surface area contributed by atoms with Crippen LogP contribution in [0.5, 0.6) is 0 Å². The lowest BCUT2D eigenvalue weighted by Gasteiger charge is -2.19. The molecule has 1 N–H and O–H groups in total. The third-order valence-electron chi connectivity index (χ3n) is 2.76. The fourth-order valence-corrected chi connectivity index (χ4v) is 3.59. The van der Waals surface area contributed by atoms with Crippen LogP contribution in [0.1, 0.15) is 23.9 Å². The van der Waals surface area contributed by atoms with Crippen molar-refractivity contribution in [3.8, 4) is 0 Å². The van der Waals surface area contributed by atoms with Crippen LogP contribution in [-0.4, -0.2) is 10.1 Å². The molecule has 0 aliphatic carbocycles. The number of rotatable bonds is 2. The van der Waals surface area contributed by atoms with E-state index >= 15 is 0 Å². The van der Waals surface area contributed by atoms with Crippen LogP contribution < -0.4 is 0 Å². The molecule has 0 aliphatic rings. The van der Waals surface area contributed by atoms with Crippen molar-refractivity contribution in [3.05, 3.63) is 61.5 Å². The van der Waals surface area contributed by atoms with E-state index in [2.05, 4.69) is 20.9 Å². The van der Waals surface area contributed by atoms with Gasteiger partial charge in [0.1, 0.15) is 5.60 Å². The molecule has 3 rings (SSSR count). The molecule has 3 heterocycles. The minimum atomic E-state index is -1.08.